The summed E-state index contributed by atoms with van der Waals surface area (Å²) in [4.78, 5) is 23.8. The molecule has 0 radical (unpaired) electrons. The lowest BCUT2D eigenvalue weighted by Gasteiger charge is -2.09. The number of aromatic nitrogens is 2. The van der Waals surface area contributed by atoms with E-state index in [0.29, 0.717) is 5.13 Å². The minimum atomic E-state index is -0.182. The van der Waals surface area contributed by atoms with Crippen molar-refractivity contribution in [3.63, 3.8) is 0 Å². The first kappa shape index (κ1) is 18.4. The first-order valence-corrected chi connectivity index (χ1v) is 9.52. The van der Waals surface area contributed by atoms with Gasteiger partial charge < -0.3 is 5.32 Å². The van der Waals surface area contributed by atoms with Crippen LogP contribution in [0.1, 0.15) is 23.1 Å². The molecule has 0 aliphatic heterocycles. The minimum Gasteiger partial charge on any atom is -0.325 e. The molecular formula is C16H20N4O2S2. The minimum absolute atomic E-state index is 0.121. The molecule has 0 saturated heterocycles. The van der Waals surface area contributed by atoms with E-state index in [2.05, 4.69) is 20.8 Å². The van der Waals surface area contributed by atoms with Gasteiger partial charge in [0, 0.05) is 5.69 Å². The van der Waals surface area contributed by atoms with Crippen molar-refractivity contribution in [2.75, 3.05) is 22.1 Å². The molecule has 0 atom stereocenters. The maximum absolute atomic E-state index is 11.9. The van der Waals surface area contributed by atoms with E-state index in [9.17, 15) is 9.59 Å². The van der Waals surface area contributed by atoms with Gasteiger partial charge in [0.05, 0.1) is 11.5 Å². The van der Waals surface area contributed by atoms with Gasteiger partial charge >= 0.3 is 0 Å². The molecule has 1 aromatic carbocycles. The lowest BCUT2D eigenvalue weighted by molar-refractivity contribution is -0.114. The number of amides is 2. The van der Waals surface area contributed by atoms with Crippen LogP contribution in [0.15, 0.2) is 18.2 Å². The molecule has 0 saturated carbocycles. The Labute approximate surface area is 149 Å². The van der Waals surface area contributed by atoms with Crippen molar-refractivity contribution in [3.05, 3.63) is 34.3 Å². The molecule has 2 amide bonds. The molecule has 1 aromatic heterocycles. The Balaban J connectivity index is 1.72. The molecular weight excluding hydrogens is 344 g/mol. The van der Waals surface area contributed by atoms with E-state index in [0.717, 1.165) is 28.2 Å². The maximum Gasteiger partial charge on any atom is 0.236 e. The van der Waals surface area contributed by atoms with Crippen molar-refractivity contribution >= 4 is 45.7 Å². The summed E-state index contributed by atoms with van der Waals surface area (Å²) in [5.74, 6) is 0.111. The van der Waals surface area contributed by atoms with E-state index in [-0.39, 0.29) is 23.3 Å². The van der Waals surface area contributed by atoms with Crippen LogP contribution in [0.2, 0.25) is 0 Å². The standard InChI is InChI=1S/C16H20N4O2S2/c1-4-15-19-20-16(24-15)18-14(22)9-23-8-13(21)17-12-6-5-10(2)7-11(12)3/h5-7H,4,8-9H2,1-3H3,(H,17,21)(H,18,20,22). The second kappa shape index (κ2) is 8.79. The third kappa shape index (κ3) is 5.61. The van der Waals surface area contributed by atoms with E-state index in [4.69, 9.17) is 0 Å². The van der Waals surface area contributed by atoms with Gasteiger partial charge in [-0.1, -0.05) is 36.0 Å². The van der Waals surface area contributed by atoms with Crippen LogP contribution >= 0.6 is 23.1 Å². The molecule has 0 unspecified atom stereocenters. The Hall–Kier alpha value is -1.93. The van der Waals surface area contributed by atoms with E-state index < -0.39 is 0 Å². The van der Waals surface area contributed by atoms with Crippen molar-refractivity contribution < 1.29 is 9.59 Å². The molecule has 0 bridgehead atoms. The highest BCUT2D eigenvalue weighted by molar-refractivity contribution is 8.00. The van der Waals surface area contributed by atoms with Crippen molar-refractivity contribution in [2.24, 2.45) is 0 Å². The van der Waals surface area contributed by atoms with Crippen LogP contribution in [-0.4, -0.2) is 33.5 Å². The van der Waals surface area contributed by atoms with Crippen molar-refractivity contribution in [2.45, 2.75) is 27.2 Å². The number of nitrogens with zero attached hydrogens (tertiary/aromatic N) is 2. The van der Waals surface area contributed by atoms with Crippen LogP contribution in [0.3, 0.4) is 0 Å². The fourth-order valence-corrected chi connectivity index (χ4v) is 3.29. The number of rotatable bonds is 7. The number of carbonyl (C=O) groups excluding carboxylic acids is 2. The van der Waals surface area contributed by atoms with Gasteiger partial charge in [0.1, 0.15) is 5.01 Å². The van der Waals surface area contributed by atoms with Crippen LogP contribution < -0.4 is 10.6 Å². The fourth-order valence-electron chi connectivity index (χ4n) is 1.98. The molecule has 8 heteroatoms. The summed E-state index contributed by atoms with van der Waals surface area (Å²) in [7, 11) is 0. The van der Waals surface area contributed by atoms with Gasteiger partial charge in [-0.25, -0.2) is 0 Å². The third-order valence-electron chi connectivity index (χ3n) is 3.14. The zero-order chi connectivity index (χ0) is 17.5. The van der Waals surface area contributed by atoms with E-state index in [1.165, 1.54) is 23.1 Å². The average Bonchev–Trinajstić information content (AvgIpc) is 2.97. The average molecular weight is 364 g/mol. The molecule has 0 aliphatic carbocycles. The van der Waals surface area contributed by atoms with Gasteiger partial charge in [-0.3, -0.25) is 14.9 Å². The predicted molar refractivity (Wildman–Crippen MR) is 99.8 cm³/mol. The Morgan fingerprint density at radius 1 is 1.12 bits per heavy atom. The normalized spacial score (nSPS) is 10.5. The number of hydrogen-bond acceptors (Lipinski definition) is 6. The SMILES string of the molecule is CCc1nnc(NC(=O)CSCC(=O)Nc2ccc(C)cc2C)s1. The second-order valence-electron chi connectivity index (χ2n) is 5.26. The van der Waals surface area contributed by atoms with Gasteiger partial charge in [-0.2, -0.15) is 0 Å². The summed E-state index contributed by atoms with van der Waals surface area (Å²) in [5, 5.41) is 14.8. The molecule has 128 valence electrons. The van der Waals surface area contributed by atoms with Gasteiger partial charge in [-0.15, -0.1) is 22.0 Å². The molecule has 0 aliphatic rings. The topological polar surface area (TPSA) is 84.0 Å². The fraction of sp³-hybridized carbons (Fsp3) is 0.375. The molecule has 0 fully saturated rings. The summed E-state index contributed by atoms with van der Waals surface area (Å²) in [6.07, 6.45) is 0.793. The van der Waals surface area contributed by atoms with Crippen LogP contribution in [0.5, 0.6) is 0 Å². The number of aryl methyl sites for hydroxylation is 3. The third-order valence-corrected chi connectivity index (χ3v) is 5.05. The Morgan fingerprint density at radius 2 is 1.83 bits per heavy atom. The van der Waals surface area contributed by atoms with Gasteiger partial charge in [0.25, 0.3) is 0 Å². The van der Waals surface area contributed by atoms with Crippen molar-refractivity contribution in [1.82, 2.24) is 10.2 Å². The lowest BCUT2D eigenvalue weighted by atomic mass is 10.1. The summed E-state index contributed by atoms with van der Waals surface area (Å²) in [6.45, 7) is 5.95. The number of thioether (sulfide) groups is 1. The highest BCUT2D eigenvalue weighted by atomic mass is 32.2. The molecule has 2 aromatic rings. The van der Waals surface area contributed by atoms with E-state index in [1.807, 2.05) is 39.0 Å². The van der Waals surface area contributed by atoms with Crippen molar-refractivity contribution in [3.8, 4) is 0 Å². The Bertz CT molecular complexity index is 731. The molecule has 0 spiro atoms. The zero-order valence-electron chi connectivity index (χ0n) is 13.9. The van der Waals surface area contributed by atoms with Crippen molar-refractivity contribution in [1.29, 1.82) is 0 Å². The maximum atomic E-state index is 11.9. The first-order chi connectivity index (χ1) is 11.5. The molecule has 2 N–H and O–H groups in total. The second-order valence-corrected chi connectivity index (χ2v) is 7.31. The number of benzene rings is 1. The van der Waals surface area contributed by atoms with E-state index in [1.54, 1.807) is 0 Å². The number of nitrogens with one attached hydrogen (secondary N) is 2. The Kier molecular flexibility index (Phi) is 6.74. The van der Waals surface area contributed by atoms with E-state index >= 15 is 0 Å². The molecule has 6 nitrogen and oxygen atoms in total. The Morgan fingerprint density at radius 3 is 2.46 bits per heavy atom. The smallest absolute Gasteiger partial charge is 0.236 e. The lowest BCUT2D eigenvalue weighted by Crippen LogP contribution is -2.18. The quantitative estimate of drug-likeness (QED) is 0.789. The van der Waals surface area contributed by atoms with Crippen LogP contribution in [0.25, 0.3) is 0 Å². The molecule has 24 heavy (non-hydrogen) atoms. The zero-order valence-corrected chi connectivity index (χ0v) is 15.5. The number of anilines is 2. The largest absolute Gasteiger partial charge is 0.325 e. The van der Waals surface area contributed by atoms with Gasteiger partial charge in [-0.05, 0) is 31.9 Å². The summed E-state index contributed by atoms with van der Waals surface area (Å²) < 4.78 is 0. The monoisotopic (exact) mass is 364 g/mol. The first-order valence-electron chi connectivity index (χ1n) is 7.55. The van der Waals surface area contributed by atoms with Crippen LogP contribution in [-0.2, 0) is 16.0 Å². The summed E-state index contributed by atoms with van der Waals surface area (Å²) in [5.41, 5.74) is 2.98. The predicted octanol–water partition coefficient (Wildman–Crippen LogP) is 3.03. The molecule has 2 rings (SSSR count). The van der Waals surface area contributed by atoms with Gasteiger partial charge in [0.15, 0.2) is 0 Å². The number of hydrogen-bond donors (Lipinski definition) is 2. The highest BCUT2D eigenvalue weighted by Gasteiger charge is 2.10. The molecule has 1 heterocycles. The highest BCUT2D eigenvalue weighted by Crippen LogP contribution is 2.17. The summed E-state index contributed by atoms with van der Waals surface area (Å²) in [6, 6.07) is 5.86. The van der Waals surface area contributed by atoms with Crippen LogP contribution in [0, 0.1) is 13.8 Å². The van der Waals surface area contributed by atoms with Crippen LogP contribution in [0.4, 0.5) is 10.8 Å². The summed E-state index contributed by atoms with van der Waals surface area (Å²) >= 11 is 2.62. The van der Waals surface area contributed by atoms with Gasteiger partial charge in [0.2, 0.25) is 16.9 Å². The number of carbonyl (C=O) groups is 2.